The first-order valence-electron chi connectivity index (χ1n) is 2.55. The van der Waals surface area contributed by atoms with E-state index in [9.17, 15) is 4.39 Å². The number of nitrogens with one attached hydrogen (secondary N) is 1. The SMILES string of the molecule is CO[C]1NC=CC=C1F. The average molecular weight is 128 g/mol. The third kappa shape index (κ3) is 1.29. The first kappa shape index (κ1) is 6.29. The summed E-state index contributed by atoms with van der Waals surface area (Å²) in [5, 5.41) is 2.59. The Morgan fingerprint density at radius 3 is 2.89 bits per heavy atom. The molecule has 0 bridgehead atoms. The summed E-state index contributed by atoms with van der Waals surface area (Å²) in [6, 6.07) is 0. The Hall–Kier alpha value is -0.830. The van der Waals surface area contributed by atoms with Gasteiger partial charge in [0.05, 0.1) is 0 Å². The average Bonchev–Trinajstić information content (AvgIpc) is 1.89. The second-order valence-electron chi connectivity index (χ2n) is 1.55. The van der Waals surface area contributed by atoms with Crippen LogP contribution in [0.5, 0.6) is 0 Å². The highest BCUT2D eigenvalue weighted by atomic mass is 19.1. The number of methoxy groups -OCH3 is 1. The van der Waals surface area contributed by atoms with E-state index in [1.165, 1.54) is 13.2 Å². The maximum absolute atomic E-state index is 12.4. The molecule has 0 spiro atoms. The first-order chi connectivity index (χ1) is 4.34. The zero-order valence-corrected chi connectivity index (χ0v) is 5.02. The zero-order valence-electron chi connectivity index (χ0n) is 5.02. The van der Waals surface area contributed by atoms with Gasteiger partial charge in [0, 0.05) is 7.11 Å². The molecule has 0 saturated heterocycles. The molecule has 49 valence electrons. The van der Waals surface area contributed by atoms with E-state index in [1.54, 1.807) is 12.3 Å². The van der Waals surface area contributed by atoms with E-state index in [1.807, 2.05) is 0 Å². The largest absolute Gasteiger partial charge is 0.354 e. The van der Waals surface area contributed by atoms with Crippen LogP contribution in [0.2, 0.25) is 0 Å². The van der Waals surface area contributed by atoms with Gasteiger partial charge < -0.3 is 10.1 Å². The van der Waals surface area contributed by atoms with Gasteiger partial charge in [0.2, 0.25) is 6.23 Å². The Morgan fingerprint density at radius 2 is 2.44 bits per heavy atom. The van der Waals surface area contributed by atoms with E-state index in [4.69, 9.17) is 0 Å². The van der Waals surface area contributed by atoms with Crippen LogP contribution in [0.15, 0.2) is 24.2 Å². The molecule has 0 aromatic heterocycles. The lowest BCUT2D eigenvalue weighted by atomic mass is 10.3. The minimum Gasteiger partial charge on any atom is -0.354 e. The Kier molecular flexibility index (Phi) is 1.85. The molecule has 1 N–H and O–H groups in total. The minimum atomic E-state index is -0.375. The van der Waals surface area contributed by atoms with Crippen molar-refractivity contribution in [2.45, 2.75) is 0 Å². The van der Waals surface area contributed by atoms with Crippen LogP contribution in [0.4, 0.5) is 4.39 Å². The van der Waals surface area contributed by atoms with E-state index in [2.05, 4.69) is 10.1 Å². The normalized spacial score (nSPS) is 19.1. The maximum atomic E-state index is 12.4. The number of hydrogen-bond acceptors (Lipinski definition) is 2. The number of halogens is 1. The molecule has 1 aliphatic heterocycles. The van der Waals surface area contributed by atoms with Crippen molar-refractivity contribution in [2.24, 2.45) is 0 Å². The monoisotopic (exact) mass is 128 g/mol. The van der Waals surface area contributed by atoms with E-state index < -0.39 is 0 Å². The fourth-order valence-corrected chi connectivity index (χ4v) is 0.557. The summed E-state index contributed by atoms with van der Waals surface area (Å²) < 4.78 is 17.0. The Bertz CT molecular complexity index is 153. The van der Waals surface area contributed by atoms with Crippen LogP contribution in [0, 0.1) is 6.23 Å². The molecule has 3 heteroatoms. The Balaban J connectivity index is 2.59. The molecule has 0 aromatic carbocycles. The number of ether oxygens (including phenoxy) is 1. The van der Waals surface area contributed by atoms with Crippen molar-refractivity contribution in [2.75, 3.05) is 7.11 Å². The summed E-state index contributed by atoms with van der Waals surface area (Å²) in [5.41, 5.74) is 0. The van der Waals surface area contributed by atoms with Crippen molar-refractivity contribution in [1.29, 1.82) is 0 Å². The van der Waals surface area contributed by atoms with Crippen LogP contribution in [0.1, 0.15) is 0 Å². The summed E-state index contributed by atoms with van der Waals surface area (Å²) in [5.74, 6) is -0.375. The van der Waals surface area contributed by atoms with E-state index in [-0.39, 0.29) is 12.1 Å². The summed E-state index contributed by atoms with van der Waals surface area (Å²) in [4.78, 5) is 0. The molecular formula is C6H7FNO. The van der Waals surface area contributed by atoms with Gasteiger partial charge in [0.25, 0.3) is 0 Å². The molecule has 1 aliphatic rings. The quantitative estimate of drug-likeness (QED) is 0.570. The predicted octanol–water partition coefficient (Wildman–Crippen LogP) is 1.09. The summed E-state index contributed by atoms with van der Waals surface area (Å²) >= 11 is 0. The van der Waals surface area contributed by atoms with Crippen molar-refractivity contribution in [3.8, 4) is 0 Å². The third-order valence-electron chi connectivity index (χ3n) is 0.974. The van der Waals surface area contributed by atoms with Gasteiger partial charge in [-0.3, -0.25) is 0 Å². The lowest BCUT2D eigenvalue weighted by Crippen LogP contribution is -2.19. The van der Waals surface area contributed by atoms with E-state index in [0.29, 0.717) is 0 Å². The van der Waals surface area contributed by atoms with E-state index in [0.717, 1.165) is 0 Å². The number of rotatable bonds is 1. The molecule has 0 aliphatic carbocycles. The van der Waals surface area contributed by atoms with Gasteiger partial charge >= 0.3 is 0 Å². The van der Waals surface area contributed by atoms with Gasteiger partial charge in [-0.15, -0.1) is 0 Å². The molecule has 0 aromatic rings. The van der Waals surface area contributed by atoms with Crippen LogP contribution < -0.4 is 5.32 Å². The van der Waals surface area contributed by atoms with Gasteiger partial charge in [-0.1, -0.05) is 0 Å². The standard InChI is InChI=1S/C6H7FNO/c1-9-6-5(7)3-2-4-8-6/h2-4,8H,1H3. The maximum Gasteiger partial charge on any atom is 0.247 e. The van der Waals surface area contributed by atoms with Crippen LogP contribution in [-0.4, -0.2) is 7.11 Å². The van der Waals surface area contributed by atoms with Crippen molar-refractivity contribution >= 4 is 0 Å². The van der Waals surface area contributed by atoms with Gasteiger partial charge in [-0.25, -0.2) is 4.39 Å². The Labute approximate surface area is 53.0 Å². The molecule has 0 fully saturated rings. The second kappa shape index (κ2) is 2.64. The van der Waals surface area contributed by atoms with Gasteiger partial charge in [0.15, 0.2) is 5.83 Å². The van der Waals surface area contributed by atoms with Crippen molar-refractivity contribution in [3.05, 3.63) is 30.4 Å². The Morgan fingerprint density at radius 1 is 1.67 bits per heavy atom. The third-order valence-corrected chi connectivity index (χ3v) is 0.974. The van der Waals surface area contributed by atoms with Gasteiger partial charge in [-0.2, -0.15) is 0 Å². The lowest BCUT2D eigenvalue weighted by Gasteiger charge is -2.12. The fourth-order valence-electron chi connectivity index (χ4n) is 0.557. The fraction of sp³-hybridized carbons (Fsp3) is 0.167. The van der Waals surface area contributed by atoms with Crippen LogP contribution in [0.3, 0.4) is 0 Å². The molecule has 1 heterocycles. The first-order valence-corrected chi connectivity index (χ1v) is 2.55. The highest BCUT2D eigenvalue weighted by Gasteiger charge is 2.14. The van der Waals surface area contributed by atoms with Crippen molar-refractivity contribution in [1.82, 2.24) is 5.32 Å². The highest BCUT2D eigenvalue weighted by molar-refractivity contribution is 5.22. The number of hydrogen-bond donors (Lipinski definition) is 1. The summed E-state index contributed by atoms with van der Waals surface area (Å²) in [6.07, 6.45) is 4.66. The lowest BCUT2D eigenvalue weighted by molar-refractivity contribution is 0.187. The van der Waals surface area contributed by atoms with Gasteiger partial charge in [0.1, 0.15) is 0 Å². The molecule has 1 rings (SSSR count). The van der Waals surface area contributed by atoms with Crippen LogP contribution in [0.25, 0.3) is 0 Å². The molecular weight excluding hydrogens is 121 g/mol. The highest BCUT2D eigenvalue weighted by Crippen LogP contribution is 2.14. The molecule has 1 radical (unpaired) electrons. The summed E-state index contributed by atoms with van der Waals surface area (Å²) in [6.45, 7) is 0. The molecule has 0 saturated carbocycles. The molecule has 9 heavy (non-hydrogen) atoms. The summed E-state index contributed by atoms with van der Waals surface area (Å²) in [7, 11) is 1.41. The van der Waals surface area contributed by atoms with E-state index >= 15 is 0 Å². The van der Waals surface area contributed by atoms with Gasteiger partial charge in [-0.05, 0) is 18.4 Å². The molecule has 0 unspecified atom stereocenters. The molecule has 0 atom stereocenters. The van der Waals surface area contributed by atoms with Crippen molar-refractivity contribution in [3.63, 3.8) is 0 Å². The topological polar surface area (TPSA) is 21.3 Å². The molecule has 0 amide bonds. The number of allylic oxidation sites excluding steroid dienone is 2. The molecule has 2 nitrogen and oxygen atoms in total. The van der Waals surface area contributed by atoms with Crippen LogP contribution in [-0.2, 0) is 4.74 Å². The zero-order chi connectivity index (χ0) is 6.69. The predicted molar refractivity (Wildman–Crippen MR) is 31.7 cm³/mol. The van der Waals surface area contributed by atoms with Crippen molar-refractivity contribution < 1.29 is 9.13 Å². The second-order valence-corrected chi connectivity index (χ2v) is 1.55. The number of dihydropyridines is 1. The smallest absolute Gasteiger partial charge is 0.247 e. The van der Waals surface area contributed by atoms with Crippen LogP contribution >= 0.6 is 0 Å². The minimum absolute atomic E-state index is 0.164.